The third-order valence-corrected chi connectivity index (χ3v) is 2.32. The van der Waals surface area contributed by atoms with Gasteiger partial charge < -0.3 is 4.74 Å². The van der Waals surface area contributed by atoms with Gasteiger partial charge in [-0.15, -0.1) is 0 Å². The molecule has 1 aliphatic heterocycles. The van der Waals surface area contributed by atoms with E-state index in [9.17, 15) is 9.59 Å². The lowest BCUT2D eigenvalue weighted by Crippen LogP contribution is -2.31. The Hall–Kier alpha value is -1.97. The molecule has 1 unspecified atom stereocenters. The van der Waals surface area contributed by atoms with Crippen LogP contribution in [0, 0.1) is 5.92 Å². The van der Waals surface area contributed by atoms with E-state index in [1.54, 1.807) is 18.2 Å². The number of ether oxygens (including phenoxy) is 1. The topological polar surface area (TPSA) is 55.7 Å². The molecule has 0 aromatic rings. The number of fused-ring (bicyclic) bond motifs is 1. The van der Waals surface area contributed by atoms with Gasteiger partial charge in [0.2, 0.25) is 0 Å². The minimum absolute atomic E-state index is 0.138. The quantitative estimate of drug-likeness (QED) is 0.592. The number of esters is 1. The van der Waals surface area contributed by atoms with Crippen molar-refractivity contribution in [2.24, 2.45) is 10.9 Å². The molecule has 15 heavy (non-hydrogen) atoms. The predicted molar refractivity (Wildman–Crippen MR) is 54.3 cm³/mol. The minimum Gasteiger partial charge on any atom is -0.466 e. The summed E-state index contributed by atoms with van der Waals surface area (Å²) in [5.74, 6) is -1.21. The van der Waals surface area contributed by atoms with Crippen molar-refractivity contribution in [3.63, 3.8) is 0 Å². The molecule has 0 aromatic carbocycles. The van der Waals surface area contributed by atoms with Crippen LogP contribution in [0.3, 0.4) is 0 Å². The first kappa shape index (κ1) is 9.58. The van der Waals surface area contributed by atoms with Gasteiger partial charge in [-0.2, -0.15) is 0 Å². The van der Waals surface area contributed by atoms with E-state index in [1.807, 2.05) is 0 Å². The lowest BCUT2D eigenvalue weighted by atomic mass is 9.85. The van der Waals surface area contributed by atoms with Gasteiger partial charge in [0, 0.05) is 12.3 Å². The molecule has 76 valence electrons. The van der Waals surface area contributed by atoms with Crippen molar-refractivity contribution in [3.05, 3.63) is 36.1 Å². The summed E-state index contributed by atoms with van der Waals surface area (Å²) in [6.07, 6.45) is 7.81. The third-order valence-electron chi connectivity index (χ3n) is 2.32. The van der Waals surface area contributed by atoms with Crippen LogP contribution in [-0.4, -0.2) is 24.6 Å². The Balaban J connectivity index is 2.42. The van der Waals surface area contributed by atoms with Crippen LogP contribution >= 0.6 is 0 Å². The van der Waals surface area contributed by atoms with Gasteiger partial charge in [-0.05, 0) is 6.08 Å². The van der Waals surface area contributed by atoms with Crippen molar-refractivity contribution in [2.45, 2.75) is 0 Å². The molecule has 4 nitrogen and oxygen atoms in total. The zero-order valence-electron chi connectivity index (χ0n) is 8.14. The Labute approximate surface area is 86.6 Å². The number of allylic oxidation sites excluding steroid dienone is 4. The van der Waals surface area contributed by atoms with Crippen molar-refractivity contribution in [1.29, 1.82) is 0 Å². The molecule has 0 aromatic heterocycles. The molecule has 1 heterocycles. The minimum atomic E-state index is -0.590. The fourth-order valence-electron chi connectivity index (χ4n) is 1.62. The van der Waals surface area contributed by atoms with Crippen molar-refractivity contribution < 1.29 is 14.3 Å². The highest BCUT2D eigenvalue weighted by atomic mass is 16.5. The van der Waals surface area contributed by atoms with Gasteiger partial charge in [-0.25, -0.2) is 4.79 Å². The molecule has 0 N–H and O–H groups in total. The van der Waals surface area contributed by atoms with Gasteiger partial charge in [0.25, 0.3) is 0 Å². The van der Waals surface area contributed by atoms with Gasteiger partial charge in [0.1, 0.15) is 0 Å². The molecule has 0 spiro atoms. The fourth-order valence-corrected chi connectivity index (χ4v) is 1.62. The molecular weight excluding hydrogens is 194 g/mol. The van der Waals surface area contributed by atoms with E-state index in [0.717, 1.165) is 0 Å². The average molecular weight is 203 g/mol. The van der Waals surface area contributed by atoms with E-state index < -0.39 is 11.9 Å². The number of rotatable bonds is 1. The van der Waals surface area contributed by atoms with Gasteiger partial charge >= 0.3 is 5.97 Å². The van der Waals surface area contributed by atoms with Gasteiger partial charge in [0.05, 0.1) is 24.3 Å². The fraction of sp³-hybridized carbons (Fsp3) is 0.182. The van der Waals surface area contributed by atoms with Crippen LogP contribution in [0.25, 0.3) is 0 Å². The van der Waals surface area contributed by atoms with Crippen LogP contribution in [0.2, 0.25) is 0 Å². The van der Waals surface area contributed by atoms with E-state index in [-0.39, 0.29) is 5.78 Å². The zero-order valence-corrected chi connectivity index (χ0v) is 8.14. The van der Waals surface area contributed by atoms with Crippen LogP contribution in [0.1, 0.15) is 0 Å². The normalized spacial score (nSPS) is 23.0. The second-order valence-corrected chi connectivity index (χ2v) is 3.18. The maximum Gasteiger partial charge on any atom is 0.334 e. The highest BCUT2D eigenvalue weighted by molar-refractivity contribution is 6.22. The number of nitrogens with zero attached hydrogens (tertiary/aromatic N) is 1. The molecule has 0 saturated heterocycles. The molecule has 0 bridgehead atoms. The largest absolute Gasteiger partial charge is 0.466 e. The lowest BCUT2D eigenvalue weighted by molar-refractivity contribution is -0.137. The summed E-state index contributed by atoms with van der Waals surface area (Å²) in [4.78, 5) is 27.1. The molecule has 1 aliphatic carbocycles. The number of ketones is 1. The summed E-state index contributed by atoms with van der Waals surface area (Å²) in [5.41, 5.74) is 0.929. The molecular formula is C11H9NO3. The Morgan fingerprint density at radius 3 is 3.00 bits per heavy atom. The second kappa shape index (κ2) is 3.65. The molecule has 1 atom stereocenters. The molecule has 2 rings (SSSR count). The Kier molecular flexibility index (Phi) is 2.33. The van der Waals surface area contributed by atoms with Crippen LogP contribution in [-0.2, 0) is 14.3 Å². The lowest BCUT2D eigenvalue weighted by Gasteiger charge is -2.20. The molecule has 2 aliphatic rings. The SMILES string of the molecule is COC(=O)C1=CC=CC2=NC=CC(=O)C12. The first-order valence-corrected chi connectivity index (χ1v) is 4.48. The van der Waals surface area contributed by atoms with Crippen LogP contribution in [0.15, 0.2) is 41.1 Å². The number of methoxy groups -OCH3 is 1. The number of hydrogen-bond acceptors (Lipinski definition) is 4. The van der Waals surface area contributed by atoms with Crippen LogP contribution in [0.5, 0.6) is 0 Å². The van der Waals surface area contributed by atoms with Crippen LogP contribution in [0.4, 0.5) is 0 Å². The summed E-state index contributed by atoms with van der Waals surface area (Å²) in [6.45, 7) is 0. The molecule has 0 fully saturated rings. The van der Waals surface area contributed by atoms with Gasteiger partial charge in [0.15, 0.2) is 5.78 Å². The molecule has 0 saturated carbocycles. The highest BCUT2D eigenvalue weighted by Crippen LogP contribution is 2.23. The summed E-state index contributed by atoms with van der Waals surface area (Å²) in [7, 11) is 1.29. The standard InChI is InChI=1S/C11H9NO3/c1-15-11(14)7-3-2-4-8-10(7)9(13)5-6-12-8/h2-6,10H,1H3. The van der Waals surface area contributed by atoms with E-state index >= 15 is 0 Å². The Bertz CT molecular complexity index is 441. The first-order chi connectivity index (χ1) is 7.24. The monoisotopic (exact) mass is 203 g/mol. The average Bonchev–Trinajstić information content (AvgIpc) is 2.28. The predicted octanol–water partition coefficient (Wildman–Crippen LogP) is 0.809. The maximum atomic E-state index is 11.6. The van der Waals surface area contributed by atoms with Crippen molar-refractivity contribution >= 4 is 17.5 Å². The molecule has 0 amide bonds. The summed E-state index contributed by atoms with van der Waals surface area (Å²) < 4.78 is 4.61. The Morgan fingerprint density at radius 2 is 2.27 bits per heavy atom. The summed E-state index contributed by atoms with van der Waals surface area (Å²) >= 11 is 0. The van der Waals surface area contributed by atoms with E-state index in [2.05, 4.69) is 9.73 Å². The highest BCUT2D eigenvalue weighted by Gasteiger charge is 2.32. The van der Waals surface area contributed by atoms with Gasteiger partial charge in [-0.3, -0.25) is 9.79 Å². The smallest absolute Gasteiger partial charge is 0.334 e. The van der Waals surface area contributed by atoms with Crippen LogP contribution < -0.4 is 0 Å². The van der Waals surface area contributed by atoms with Gasteiger partial charge in [-0.1, -0.05) is 12.2 Å². The number of hydrogen-bond donors (Lipinski definition) is 0. The van der Waals surface area contributed by atoms with Crippen molar-refractivity contribution in [2.75, 3.05) is 7.11 Å². The maximum absolute atomic E-state index is 11.6. The number of aliphatic imine (C=N–C) groups is 1. The van der Waals surface area contributed by atoms with E-state index in [1.165, 1.54) is 19.4 Å². The third kappa shape index (κ3) is 1.54. The van der Waals surface area contributed by atoms with E-state index in [4.69, 9.17) is 0 Å². The first-order valence-electron chi connectivity index (χ1n) is 4.48. The zero-order chi connectivity index (χ0) is 10.8. The summed E-state index contributed by atoms with van der Waals surface area (Å²) in [5, 5.41) is 0. The van der Waals surface area contributed by atoms with E-state index in [0.29, 0.717) is 11.3 Å². The summed E-state index contributed by atoms with van der Waals surface area (Å²) in [6, 6.07) is 0. The molecule has 4 heteroatoms. The van der Waals surface area contributed by atoms with Crippen molar-refractivity contribution in [1.82, 2.24) is 0 Å². The Morgan fingerprint density at radius 1 is 1.47 bits per heavy atom. The van der Waals surface area contributed by atoms with Crippen molar-refractivity contribution in [3.8, 4) is 0 Å². The number of carbonyl (C=O) groups excluding carboxylic acids is 2. The molecule has 0 radical (unpaired) electrons. The number of carbonyl (C=O) groups is 2. The second-order valence-electron chi connectivity index (χ2n) is 3.18.